The summed E-state index contributed by atoms with van der Waals surface area (Å²) in [5.41, 5.74) is 6.61. The van der Waals surface area contributed by atoms with Crippen LogP contribution in [0.4, 0.5) is 5.69 Å². The van der Waals surface area contributed by atoms with Crippen LogP contribution in [0.1, 0.15) is 24.8 Å². The van der Waals surface area contributed by atoms with Gasteiger partial charge in [-0.2, -0.15) is 0 Å². The van der Waals surface area contributed by atoms with Gasteiger partial charge in [-0.3, -0.25) is 0 Å². The first-order chi connectivity index (χ1) is 9.40. The summed E-state index contributed by atoms with van der Waals surface area (Å²) in [5.74, 6) is 0. The lowest BCUT2D eigenvalue weighted by Gasteiger charge is -2.22. The molecule has 5 nitrogen and oxygen atoms in total. The van der Waals surface area contributed by atoms with Crippen LogP contribution in [0.3, 0.4) is 0 Å². The normalized spacial score (nSPS) is 20.0. The van der Waals surface area contributed by atoms with Crippen LogP contribution in [-0.4, -0.2) is 27.7 Å². The van der Waals surface area contributed by atoms with Gasteiger partial charge in [0, 0.05) is 13.2 Å². The van der Waals surface area contributed by atoms with Gasteiger partial charge in [0.15, 0.2) is 0 Å². The molecule has 20 heavy (non-hydrogen) atoms. The van der Waals surface area contributed by atoms with Gasteiger partial charge >= 0.3 is 0 Å². The van der Waals surface area contributed by atoms with Crippen molar-refractivity contribution in [2.24, 2.45) is 0 Å². The zero-order chi connectivity index (χ0) is 14.8. The van der Waals surface area contributed by atoms with E-state index in [1.807, 2.05) is 0 Å². The Morgan fingerprint density at radius 2 is 2.20 bits per heavy atom. The maximum atomic E-state index is 12.2. The van der Waals surface area contributed by atoms with E-state index in [9.17, 15) is 8.42 Å². The lowest BCUT2D eigenvalue weighted by molar-refractivity contribution is 0.0200. The molecule has 1 atom stereocenters. The van der Waals surface area contributed by atoms with Crippen molar-refractivity contribution in [2.45, 2.75) is 37.2 Å². The summed E-state index contributed by atoms with van der Waals surface area (Å²) < 4.78 is 32.5. The van der Waals surface area contributed by atoms with Crippen LogP contribution in [0.15, 0.2) is 17.0 Å². The number of ether oxygens (including phenoxy) is 1. The number of nitrogens with one attached hydrogen (secondary N) is 1. The number of benzene rings is 1. The smallest absolute Gasteiger partial charge is 0.240 e. The number of nitrogens with two attached hydrogens (primary N) is 1. The second-order valence-corrected chi connectivity index (χ2v) is 7.13. The van der Waals surface area contributed by atoms with Gasteiger partial charge in [-0.05, 0) is 43.9 Å². The minimum Gasteiger partial charge on any atom is -0.397 e. The van der Waals surface area contributed by atoms with Crippen molar-refractivity contribution in [3.8, 4) is 0 Å². The molecule has 2 rings (SSSR count). The Labute approximate surface area is 124 Å². The molecule has 3 N–H and O–H groups in total. The topological polar surface area (TPSA) is 81.4 Å². The van der Waals surface area contributed by atoms with Gasteiger partial charge < -0.3 is 10.5 Å². The van der Waals surface area contributed by atoms with Crippen LogP contribution >= 0.6 is 11.6 Å². The van der Waals surface area contributed by atoms with E-state index in [-0.39, 0.29) is 23.2 Å². The first-order valence-corrected chi connectivity index (χ1v) is 8.43. The van der Waals surface area contributed by atoms with Gasteiger partial charge in [-0.1, -0.05) is 11.6 Å². The van der Waals surface area contributed by atoms with E-state index in [1.165, 1.54) is 12.1 Å². The minimum atomic E-state index is -3.59. The predicted octanol–water partition coefficient (Wildman–Crippen LogP) is 2.08. The number of rotatable bonds is 4. The number of sulfonamides is 1. The van der Waals surface area contributed by atoms with E-state index in [0.29, 0.717) is 17.2 Å². The van der Waals surface area contributed by atoms with Crippen molar-refractivity contribution >= 4 is 27.3 Å². The first kappa shape index (κ1) is 15.6. The molecule has 1 aliphatic rings. The third-order valence-electron chi connectivity index (χ3n) is 3.34. The third kappa shape index (κ3) is 3.63. The number of aryl methyl sites for hydroxylation is 1. The highest BCUT2D eigenvalue weighted by Crippen LogP contribution is 2.26. The molecule has 0 aromatic heterocycles. The molecule has 1 aromatic rings. The van der Waals surface area contributed by atoms with Gasteiger partial charge in [0.2, 0.25) is 10.0 Å². The number of halogens is 1. The highest BCUT2D eigenvalue weighted by Gasteiger charge is 2.20. The van der Waals surface area contributed by atoms with E-state index in [0.717, 1.165) is 19.3 Å². The maximum absolute atomic E-state index is 12.2. The van der Waals surface area contributed by atoms with Crippen LogP contribution in [0.25, 0.3) is 0 Å². The molecule has 1 saturated heterocycles. The van der Waals surface area contributed by atoms with E-state index >= 15 is 0 Å². The summed E-state index contributed by atoms with van der Waals surface area (Å²) >= 11 is 5.94. The highest BCUT2D eigenvalue weighted by atomic mass is 35.5. The molecule has 112 valence electrons. The highest BCUT2D eigenvalue weighted by molar-refractivity contribution is 7.89. The fraction of sp³-hybridized carbons (Fsp3) is 0.538. The first-order valence-electron chi connectivity index (χ1n) is 6.57. The standard InChI is InChI=1S/C13H19ClN2O3S/c1-9-6-11(7-12(15)13(9)14)20(17,18)16-8-10-4-2-3-5-19-10/h6-7,10,16H,2-5,8,15H2,1H3. The molecule has 0 spiro atoms. The van der Waals surface area contributed by atoms with Gasteiger partial charge in [0.05, 0.1) is 21.7 Å². The van der Waals surface area contributed by atoms with Gasteiger partial charge in [-0.25, -0.2) is 13.1 Å². The summed E-state index contributed by atoms with van der Waals surface area (Å²) in [6, 6.07) is 2.89. The minimum absolute atomic E-state index is 0.0516. The Bertz CT molecular complexity index is 560. The Morgan fingerprint density at radius 3 is 2.80 bits per heavy atom. The quantitative estimate of drug-likeness (QED) is 0.833. The summed E-state index contributed by atoms with van der Waals surface area (Å²) in [7, 11) is -3.59. The largest absolute Gasteiger partial charge is 0.397 e. The second kappa shape index (κ2) is 6.30. The Hall–Kier alpha value is -0.820. The van der Waals surface area contributed by atoms with Crippen molar-refractivity contribution in [1.82, 2.24) is 4.72 Å². The molecule has 7 heteroatoms. The van der Waals surface area contributed by atoms with E-state index in [4.69, 9.17) is 22.1 Å². The molecule has 1 unspecified atom stereocenters. The molecular formula is C13H19ClN2O3S. The summed E-state index contributed by atoms with van der Waals surface area (Å²) in [4.78, 5) is 0.132. The SMILES string of the molecule is Cc1cc(S(=O)(=O)NCC2CCCCO2)cc(N)c1Cl. The van der Waals surface area contributed by atoms with Crippen molar-refractivity contribution in [2.75, 3.05) is 18.9 Å². The van der Waals surface area contributed by atoms with Crippen LogP contribution in [-0.2, 0) is 14.8 Å². The van der Waals surface area contributed by atoms with E-state index in [1.54, 1.807) is 6.92 Å². The molecule has 1 fully saturated rings. The molecule has 0 amide bonds. The predicted molar refractivity (Wildman–Crippen MR) is 79.4 cm³/mol. The van der Waals surface area contributed by atoms with Crippen molar-refractivity contribution in [3.63, 3.8) is 0 Å². The average Bonchev–Trinajstić information content (AvgIpc) is 2.43. The fourth-order valence-electron chi connectivity index (χ4n) is 2.17. The number of hydrogen-bond donors (Lipinski definition) is 2. The number of anilines is 1. The van der Waals surface area contributed by atoms with Gasteiger partial charge in [0.1, 0.15) is 0 Å². The number of nitrogen functional groups attached to an aromatic ring is 1. The average molecular weight is 319 g/mol. The van der Waals surface area contributed by atoms with Crippen molar-refractivity contribution < 1.29 is 13.2 Å². The summed E-state index contributed by atoms with van der Waals surface area (Å²) in [6.07, 6.45) is 2.93. The molecule has 1 aliphatic heterocycles. The van der Waals surface area contributed by atoms with Gasteiger partial charge in [0.25, 0.3) is 0 Å². The Balaban J connectivity index is 2.10. The van der Waals surface area contributed by atoms with E-state index < -0.39 is 10.0 Å². The third-order valence-corrected chi connectivity index (χ3v) is 5.26. The number of hydrogen-bond acceptors (Lipinski definition) is 4. The Morgan fingerprint density at radius 1 is 1.45 bits per heavy atom. The lowest BCUT2D eigenvalue weighted by Crippen LogP contribution is -2.35. The van der Waals surface area contributed by atoms with E-state index in [2.05, 4.69) is 4.72 Å². The fourth-order valence-corrected chi connectivity index (χ4v) is 3.47. The zero-order valence-electron chi connectivity index (χ0n) is 11.4. The molecule has 0 bridgehead atoms. The maximum Gasteiger partial charge on any atom is 0.240 e. The molecule has 0 aliphatic carbocycles. The molecule has 0 radical (unpaired) electrons. The second-order valence-electron chi connectivity index (χ2n) is 4.98. The van der Waals surface area contributed by atoms with Crippen molar-refractivity contribution in [3.05, 3.63) is 22.7 Å². The molecule has 0 saturated carbocycles. The summed E-state index contributed by atoms with van der Waals surface area (Å²) in [6.45, 7) is 2.70. The molecule has 1 aromatic carbocycles. The van der Waals surface area contributed by atoms with Gasteiger partial charge in [-0.15, -0.1) is 0 Å². The molecule has 1 heterocycles. The summed E-state index contributed by atoms with van der Waals surface area (Å²) in [5, 5.41) is 0.388. The van der Waals surface area contributed by atoms with Crippen molar-refractivity contribution in [1.29, 1.82) is 0 Å². The van der Waals surface area contributed by atoms with Crippen LogP contribution in [0.2, 0.25) is 5.02 Å². The lowest BCUT2D eigenvalue weighted by atomic mass is 10.1. The zero-order valence-corrected chi connectivity index (χ0v) is 12.9. The Kier molecular flexibility index (Phi) is 4.90. The molecular weight excluding hydrogens is 300 g/mol. The van der Waals surface area contributed by atoms with Crippen LogP contribution in [0.5, 0.6) is 0 Å². The van der Waals surface area contributed by atoms with Crippen LogP contribution < -0.4 is 10.5 Å². The monoisotopic (exact) mass is 318 g/mol. The van der Waals surface area contributed by atoms with Crippen LogP contribution in [0, 0.1) is 6.92 Å².